The van der Waals surface area contributed by atoms with E-state index >= 15 is 0 Å². The minimum atomic E-state index is -0.344. The average molecular weight is 229 g/mol. The number of rotatable bonds is 2. The summed E-state index contributed by atoms with van der Waals surface area (Å²) in [6.07, 6.45) is 1.11. The molecule has 1 atom stereocenters. The Morgan fingerprint density at radius 1 is 1.38 bits per heavy atom. The molecule has 0 bridgehead atoms. The van der Waals surface area contributed by atoms with Crippen molar-refractivity contribution in [3.8, 4) is 0 Å². The number of carbonyl (C=O) groups excluding carboxylic acids is 2. The zero-order chi connectivity index (χ0) is 12.1. The molecule has 0 spiro atoms. The fraction of sp³-hybridized carbons (Fsp3) is 0.818. The second-order valence-electron chi connectivity index (χ2n) is 4.24. The third kappa shape index (κ3) is 3.40. The third-order valence-corrected chi connectivity index (χ3v) is 2.55. The Labute approximate surface area is 95.7 Å². The maximum atomic E-state index is 11.6. The first-order chi connectivity index (χ1) is 7.54. The molecule has 0 N–H and O–H groups in total. The van der Waals surface area contributed by atoms with Gasteiger partial charge < -0.3 is 14.4 Å². The lowest BCUT2D eigenvalue weighted by atomic mass is 9.99. The van der Waals surface area contributed by atoms with Crippen LogP contribution >= 0.6 is 0 Å². The first-order valence-corrected chi connectivity index (χ1v) is 5.58. The molecule has 0 aliphatic carbocycles. The van der Waals surface area contributed by atoms with Crippen molar-refractivity contribution in [1.29, 1.82) is 0 Å². The second-order valence-corrected chi connectivity index (χ2v) is 4.24. The molecule has 5 heteroatoms. The zero-order valence-corrected chi connectivity index (χ0v) is 10.1. The molecule has 5 nitrogen and oxygen atoms in total. The lowest BCUT2D eigenvalue weighted by Gasteiger charge is -2.31. The van der Waals surface area contributed by atoms with Crippen molar-refractivity contribution in [1.82, 2.24) is 4.90 Å². The minimum absolute atomic E-state index is 0.133. The maximum absolute atomic E-state index is 11.6. The summed E-state index contributed by atoms with van der Waals surface area (Å²) in [6, 6.07) is 0. The number of carbonyl (C=O) groups is 2. The van der Waals surface area contributed by atoms with E-state index in [1.165, 1.54) is 7.11 Å². The molecule has 1 fully saturated rings. The molecule has 0 aromatic heterocycles. The van der Waals surface area contributed by atoms with Gasteiger partial charge in [0.05, 0.1) is 19.1 Å². The SMILES string of the molecule is COC(=O)C1CCCN(C(=O)OC(C)C)C1. The molecule has 0 radical (unpaired) electrons. The van der Waals surface area contributed by atoms with Gasteiger partial charge in [0.25, 0.3) is 0 Å². The fourth-order valence-electron chi connectivity index (χ4n) is 1.78. The van der Waals surface area contributed by atoms with Crippen LogP contribution in [0.1, 0.15) is 26.7 Å². The molecular weight excluding hydrogens is 210 g/mol. The van der Waals surface area contributed by atoms with Gasteiger partial charge in [-0.1, -0.05) is 0 Å². The standard InChI is InChI=1S/C11H19NO4/c1-8(2)16-11(14)12-6-4-5-9(7-12)10(13)15-3/h8-9H,4-7H2,1-3H3. The van der Waals surface area contributed by atoms with Crippen LogP contribution in [0.5, 0.6) is 0 Å². The van der Waals surface area contributed by atoms with Crippen molar-refractivity contribution < 1.29 is 19.1 Å². The van der Waals surface area contributed by atoms with E-state index < -0.39 is 0 Å². The molecule has 1 amide bonds. The predicted molar refractivity (Wildman–Crippen MR) is 57.9 cm³/mol. The normalized spacial score (nSPS) is 20.8. The van der Waals surface area contributed by atoms with Crippen LogP contribution in [-0.4, -0.2) is 43.3 Å². The van der Waals surface area contributed by atoms with Crippen molar-refractivity contribution >= 4 is 12.1 Å². The summed E-state index contributed by atoms with van der Waals surface area (Å²) in [7, 11) is 1.37. The number of methoxy groups -OCH3 is 1. The molecule has 1 aliphatic rings. The summed E-state index contributed by atoms with van der Waals surface area (Å²) < 4.78 is 9.77. The molecule has 1 saturated heterocycles. The Bertz CT molecular complexity index is 265. The topological polar surface area (TPSA) is 55.8 Å². The van der Waals surface area contributed by atoms with Crippen LogP contribution in [0, 0.1) is 5.92 Å². The number of ether oxygens (including phenoxy) is 2. The Morgan fingerprint density at radius 3 is 2.62 bits per heavy atom. The minimum Gasteiger partial charge on any atom is -0.469 e. The van der Waals surface area contributed by atoms with Gasteiger partial charge in [-0.05, 0) is 26.7 Å². The van der Waals surface area contributed by atoms with E-state index in [9.17, 15) is 9.59 Å². The van der Waals surface area contributed by atoms with Crippen LogP contribution in [0.3, 0.4) is 0 Å². The fourth-order valence-corrected chi connectivity index (χ4v) is 1.78. The highest BCUT2D eigenvalue weighted by Crippen LogP contribution is 2.18. The first kappa shape index (κ1) is 12.8. The summed E-state index contributed by atoms with van der Waals surface area (Å²) in [5.41, 5.74) is 0. The van der Waals surface area contributed by atoms with Crippen LogP contribution in [0.15, 0.2) is 0 Å². The molecule has 0 aromatic carbocycles. The molecule has 1 aliphatic heterocycles. The highest BCUT2D eigenvalue weighted by Gasteiger charge is 2.29. The number of amides is 1. The molecule has 1 unspecified atom stereocenters. The Morgan fingerprint density at radius 2 is 2.06 bits per heavy atom. The van der Waals surface area contributed by atoms with Gasteiger partial charge in [0.1, 0.15) is 0 Å². The van der Waals surface area contributed by atoms with Crippen LogP contribution < -0.4 is 0 Å². The number of esters is 1. The van der Waals surface area contributed by atoms with Crippen LogP contribution in [0.4, 0.5) is 4.79 Å². The van der Waals surface area contributed by atoms with Gasteiger partial charge in [0.15, 0.2) is 0 Å². The van der Waals surface area contributed by atoms with Crippen LogP contribution in [0.2, 0.25) is 0 Å². The molecule has 1 rings (SSSR count). The van der Waals surface area contributed by atoms with Gasteiger partial charge >= 0.3 is 12.1 Å². The van der Waals surface area contributed by atoms with Gasteiger partial charge in [0.2, 0.25) is 0 Å². The Hall–Kier alpha value is -1.26. The van der Waals surface area contributed by atoms with E-state index in [0.717, 1.165) is 12.8 Å². The van der Waals surface area contributed by atoms with E-state index in [2.05, 4.69) is 4.74 Å². The number of hydrogen-bond donors (Lipinski definition) is 0. The third-order valence-electron chi connectivity index (χ3n) is 2.55. The van der Waals surface area contributed by atoms with E-state index in [0.29, 0.717) is 13.1 Å². The van der Waals surface area contributed by atoms with Gasteiger partial charge in [-0.15, -0.1) is 0 Å². The van der Waals surface area contributed by atoms with E-state index in [4.69, 9.17) is 4.74 Å². The van der Waals surface area contributed by atoms with E-state index in [-0.39, 0.29) is 24.1 Å². The van der Waals surface area contributed by atoms with E-state index in [1.54, 1.807) is 18.7 Å². The molecule has 92 valence electrons. The van der Waals surface area contributed by atoms with Crippen molar-refractivity contribution in [3.05, 3.63) is 0 Å². The summed E-state index contributed by atoms with van der Waals surface area (Å²) in [5, 5.41) is 0. The number of nitrogens with zero attached hydrogens (tertiary/aromatic N) is 1. The predicted octanol–water partition coefficient (Wildman–Crippen LogP) is 1.42. The lowest BCUT2D eigenvalue weighted by Crippen LogP contribution is -2.43. The molecular formula is C11H19NO4. The zero-order valence-electron chi connectivity index (χ0n) is 10.1. The summed E-state index contributed by atoms with van der Waals surface area (Å²) in [4.78, 5) is 24.5. The molecule has 16 heavy (non-hydrogen) atoms. The van der Waals surface area contributed by atoms with Crippen molar-refractivity contribution in [2.24, 2.45) is 5.92 Å². The highest BCUT2D eigenvalue weighted by atomic mass is 16.6. The van der Waals surface area contributed by atoms with Crippen molar-refractivity contribution in [3.63, 3.8) is 0 Å². The van der Waals surface area contributed by atoms with Crippen molar-refractivity contribution in [2.45, 2.75) is 32.8 Å². The molecule has 0 saturated carbocycles. The van der Waals surface area contributed by atoms with Gasteiger partial charge in [-0.25, -0.2) is 4.79 Å². The average Bonchev–Trinajstić information content (AvgIpc) is 2.27. The summed E-state index contributed by atoms with van der Waals surface area (Å²) >= 11 is 0. The maximum Gasteiger partial charge on any atom is 0.410 e. The number of likely N-dealkylation sites (tertiary alicyclic amines) is 1. The molecule has 1 heterocycles. The second kappa shape index (κ2) is 5.72. The first-order valence-electron chi connectivity index (χ1n) is 5.58. The molecule has 0 aromatic rings. The summed E-state index contributed by atoms with van der Waals surface area (Å²) in [5.74, 6) is -0.458. The van der Waals surface area contributed by atoms with Gasteiger partial charge in [-0.3, -0.25) is 4.79 Å². The van der Waals surface area contributed by atoms with Gasteiger partial charge in [0, 0.05) is 13.1 Å². The monoisotopic (exact) mass is 229 g/mol. The Balaban J connectivity index is 2.50. The smallest absolute Gasteiger partial charge is 0.410 e. The summed E-state index contributed by atoms with van der Waals surface area (Å²) in [6.45, 7) is 4.66. The quantitative estimate of drug-likeness (QED) is 0.672. The highest BCUT2D eigenvalue weighted by molar-refractivity contribution is 5.74. The van der Waals surface area contributed by atoms with Crippen LogP contribution in [-0.2, 0) is 14.3 Å². The van der Waals surface area contributed by atoms with Crippen LogP contribution in [0.25, 0.3) is 0 Å². The number of hydrogen-bond acceptors (Lipinski definition) is 4. The number of piperidine rings is 1. The largest absolute Gasteiger partial charge is 0.469 e. The lowest BCUT2D eigenvalue weighted by molar-refractivity contribution is -0.147. The van der Waals surface area contributed by atoms with Gasteiger partial charge in [-0.2, -0.15) is 0 Å². The van der Waals surface area contributed by atoms with E-state index in [1.807, 2.05) is 0 Å². The van der Waals surface area contributed by atoms with Crippen molar-refractivity contribution in [2.75, 3.05) is 20.2 Å². The Kier molecular flexibility index (Phi) is 4.58.